The fraction of sp³-hybridized carbons (Fsp3) is 0.625. The van der Waals surface area contributed by atoms with Crippen LogP contribution in [0.4, 0.5) is 0 Å². The average Bonchev–Trinajstić information content (AvgIpc) is 3.17. The molecule has 3 rings (SSSR count). The van der Waals surface area contributed by atoms with Crippen molar-refractivity contribution in [3.8, 4) is 0 Å². The molecular weight excluding hydrogens is 280 g/mol. The number of hydrogen-bond donors (Lipinski definition) is 1. The Labute approximate surface area is 130 Å². The van der Waals surface area contributed by atoms with Gasteiger partial charge in [0.25, 0.3) is 0 Å². The van der Waals surface area contributed by atoms with E-state index < -0.39 is 0 Å². The van der Waals surface area contributed by atoms with Crippen LogP contribution in [0, 0.1) is 5.92 Å². The smallest absolute Gasteiger partial charge is 0.223 e. The minimum atomic E-state index is -0.0886. The lowest BCUT2D eigenvalue weighted by Gasteiger charge is -2.24. The summed E-state index contributed by atoms with van der Waals surface area (Å²) in [6, 6.07) is 0.0380. The zero-order valence-electron chi connectivity index (χ0n) is 12.9. The molecule has 22 heavy (non-hydrogen) atoms. The largest absolute Gasteiger partial charge is 0.351 e. The Hall–Kier alpha value is -1.98. The van der Waals surface area contributed by atoms with Gasteiger partial charge in [0.2, 0.25) is 11.8 Å². The van der Waals surface area contributed by atoms with Gasteiger partial charge in [0, 0.05) is 19.9 Å². The molecule has 2 fully saturated rings. The molecule has 1 atom stereocenters. The Morgan fingerprint density at radius 2 is 2.14 bits per heavy atom. The molecule has 0 bridgehead atoms. The highest BCUT2D eigenvalue weighted by atomic mass is 16.2. The molecular formula is C16H22N4O2. The number of carbonyl (C=O) groups excluding carboxylic acids is 2. The summed E-state index contributed by atoms with van der Waals surface area (Å²) in [5.41, 5.74) is 1.57. The predicted molar refractivity (Wildman–Crippen MR) is 80.6 cm³/mol. The fourth-order valence-electron chi connectivity index (χ4n) is 2.94. The molecule has 6 nitrogen and oxygen atoms in total. The van der Waals surface area contributed by atoms with Crippen molar-refractivity contribution in [1.82, 2.24) is 20.2 Å². The highest BCUT2D eigenvalue weighted by molar-refractivity contribution is 5.77. The Balaban J connectivity index is 1.69. The zero-order valence-corrected chi connectivity index (χ0v) is 12.9. The van der Waals surface area contributed by atoms with Gasteiger partial charge in [-0.05, 0) is 31.6 Å². The van der Waals surface area contributed by atoms with Gasteiger partial charge in [-0.2, -0.15) is 0 Å². The van der Waals surface area contributed by atoms with E-state index in [0.29, 0.717) is 18.9 Å². The van der Waals surface area contributed by atoms with E-state index in [1.54, 1.807) is 12.4 Å². The highest BCUT2D eigenvalue weighted by Crippen LogP contribution is 2.36. The minimum Gasteiger partial charge on any atom is -0.351 e. The van der Waals surface area contributed by atoms with Crippen LogP contribution in [0.25, 0.3) is 0 Å². The third kappa shape index (κ3) is 3.61. The van der Waals surface area contributed by atoms with Crippen LogP contribution in [0.3, 0.4) is 0 Å². The zero-order chi connectivity index (χ0) is 15.5. The van der Waals surface area contributed by atoms with Crippen molar-refractivity contribution in [3.63, 3.8) is 0 Å². The van der Waals surface area contributed by atoms with E-state index in [-0.39, 0.29) is 17.9 Å². The molecule has 1 aromatic heterocycles. The number of aromatic nitrogens is 2. The Morgan fingerprint density at radius 3 is 2.86 bits per heavy atom. The molecule has 2 amide bonds. The average molecular weight is 302 g/mol. The summed E-state index contributed by atoms with van der Waals surface area (Å²) in [5.74, 6) is 0.763. The van der Waals surface area contributed by atoms with Crippen molar-refractivity contribution in [3.05, 3.63) is 23.8 Å². The molecule has 1 aromatic rings. The maximum atomic E-state index is 12.4. The molecule has 0 radical (unpaired) electrons. The van der Waals surface area contributed by atoms with Crippen molar-refractivity contribution >= 4 is 11.8 Å². The standard InChI is InChI=1S/C16H22N4O2/c1-11(21)18-9-13-8-17-10-14(19-13)15-3-2-6-20(15)16(22)7-12-4-5-12/h8,10,12,15H,2-7,9H2,1H3,(H,18,21)/t15-/m0/s1. The number of rotatable bonds is 5. The van der Waals surface area contributed by atoms with Gasteiger partial charge in [-0.1, -0.05) is 0 Å². The van der Waals surface area contributed by atoms with Crippen LogP contribution >= 0.6 is 0 Å². The van der Waals surface area contributed by atoms with Crippen molar-refractivity contribution in [2.24, 2.45) is 5.92 Å². The van der Waals surface area contributed by atoms with E-state index >= 15 is 0 Å². The van der Waals surface area contributed by atoms with Crippen LogP contribution in [0.2, 0.25) is 0 Å². The molecule has 0 unspecified atom stereocenters. The normalized spacial score (nSPS) is 21.0. The predicted octanol–water partition coefficient (Wildman–Crippen LogP) is 1.58. The third-order valence-corrected chi connectivity index (χ3v) is 4.30. The molecule has 2 heterocycles. The van der Waals surface area contributed by atoms with Gasteiger partial charge in [-0.25, -0.2) is 0 Å². The molecule has 1 N–H and O–H groups in total. The molecule has 6 heteroatoms. The Morgan fingerprint density at radius 1 is 1.32 bits per heavy atom. The summed E-state index contributed by atoms with van der Waals surface area (Å²) < 4.78 is 0. The fourth-order valence-corrected chi connectivity index (χ4v) is 2.94. The summed E-state index contributed by atoms with van der Waals surface area (Å²) in [5, 5.41) is 2.73. The number of likely N-dealkylation sites (tertiary alicyclic amines) is 1. The summed E-state index contributed by atoms with van der Waals surface area (Å²) >= 11 is 0. The van der Waals surface area contributed by atoms with Gasteiger partial charge in [-0.3, -0.25) is 19.6 Å². The van der Waals surface area contributed by atoms with E-state index in [4.69, 9.17) is 0 Å². The van der Waals surface area contributed by atoms with E-state index in [1.807, 2.05) is 4.90 Å². The minimum absolute atomic E-state index is 0.0380. The van der Waals surface area contributed by atoms with Crippen LogP contribution in [0.5, 0.6) is 0 Å². The van der Waals surface area contributed by atoms with E-state index in [0.717, 1.165) is 30.8 Å². The van der Waals surface area contributed by atoms with Crippen LogP contribution < -0.4 is 5.32 Å². The summed E-state index contributed by atoms with van der Waals surface area (Å²) in [6.45, 7) is 2.67. The number of carbonyl (C=O) groups is 2. The van der Waals surface area contributed by atoms with Crippen molar-refractivity contribution in [1.29, 1.82) is 0 Å². The second-order valence-electron chi connectivity index (χ2n) is 6.24. The topological polar surface area (TPSA) is 75.2 Å². The summed E-state index contributed by atoms with van der Waals surface area (Å²) in [7, 11) is 0. The van der Waals surface area contributed by atoms with Crippen LogP contribution in [0.1, 0.15) is 56.5 Å². The Kier molecular flexibility index (Phi) is 4.36. The second kappa shape index (κ2) is 6.42. The molecule has 0 spiro atoms. The van der Waals surface area contributed by atoms with Gasteiger partial charge in [-0.15, -0.1) is 0 Å². The lowest BCUT2D eigenvalue weighted by Crippen LogP contribution is -2.31. The molecule has 118 valence electrons. The molecule has 1 saturated heterocycles. The third-order valence-electron chi connectivity index (χ3n) is 4.30. The summed E-state index contributed by atoms with van der Waals surface area (Å²) in [4.78, 5) is 34.2. The van der Waals surface area contributed by atoms with Crippen LogP contribution in [-0.4, -0.2) is 33.2 Å². The van der Waals surface area contributed by atoms with Crippen molar-refractivity contribution in [2.45, 2.75) is 51.6 Å². The first-order chi connectivity index (χ1) is 10.6. The first-order valence-corrected chi connectivity index (χ1v) is 7.98. The van der Waals surface area contributed by atoms with Crippen molar-refractivity contribution < 1.29 is 9.59 Å². The molecule has 1 aliphatic carbocycles. The monoisotopic (exact) mass is 302 g/mol. The highest BCUT2D eigenvalue weighted by Gasteiger charge is 2.34. The van der Waals surface area contributed by atoms with E-state index in [2.05, 4.69) is 15.3 Å². The van der Waals surface area contributed by atoms with Gasteiger partial charge >= 0.3 is 0 Å². The van der Waals surface area contributed by atoms with Crippen molar-refractivity contribution in [2.75, 3.05) is 6.54 Å². The lowest BCUT2D eigenvalue weighted by atomic mass is 10.1. The Bertz CT molecular complexity index is 571. The number of nitrogens with one attached hydrogen (secondary N) is 1. The SMILES string of the molecule is CC(=O)NCc1cncc([C@@H]2CCCN2C(=O)CC2CC2)n1. The first kappa shape index (κ1) is 14.9. The molecule has 1 saturated carbocycles. The first-order valence-electron chi connectivity index (χ1n) is 7.98. The van der Waals surface area contributed by atoms with E-state index in [1.165, 1.54) is 19.8 Å². The summed E-state index contributed by atoms with van der Waals surface area (Å²) in [6.07, 6.45) is 8.41. The van der Waals surface area contributed by atoms with Crippen LogP contribution in [0.15, 0.2) is 12.4 Å². The van der Waals surface area contributed by atoms with Crippen LogP contribution in [-0.2, 0) is 16.1 Å². The van der Waals surface area contributed by atoms with Gasteiger partial charge in [0.05, 0.1) is 36.4 Å². The number of amides is 2. The maximum Gasteiger partial charge on any atom is 0.223 e. The van der Waals surface area contributed by atoms with E-state index in [9.17, 15) is 9.59 Å². The number of nitrogens with zero attached hydrogens (tertiary/aromatic N) is 3. The van der Waals surface area contributed by atoms with Gasteiger partial charge < -0.3 is 10.2 Å². The van der Waals surface area contributed by atoms with Gasteiger partial charge in [0.1, 0.15) is 0 Å². The number of hydrogen-bond acceptors (Lipinski definition) is 4. The molecule has 2 aliphatic rings. The second-order valence-corrected chi connectivity index (χ2v) is 6.24. The molecule has 0 aromatic carbocycles. The van der Waals surface area contributed by atoms with Gasteiger partial charge in [0.15, 0.2) is 0 Å². The quantitative estimate of drug-likeness (QED) is 0.896. The lowest BCUT2D eigenvalue weighted by molar-refractivity contribution is -0.132. The maximum absolute atomic E-state index is 12.4. The molecule has 1 aliphatic heterocycles.